The zero-order valence-corrected chi connectivity index (χ0v) is 22.3. The predicted octanol–water partition coefficient (Wildman–Crippen LogP) is 4.86. The van der Waals surface area contributed by atoms with Crippen molar-refractivity contribution < 1.29 is 19.2 Å². The number of benzene rings is 1. The molecular formula is C28H34N6O4. The Hall–Kier alpha value is -4.05. The van der Waals surface area contributed by atoms with Crippen molar-refractivity contribution in [2.75, 3.05) is 36.9 Å². The van der Waals surface area contributed by atoms with Gasteiger partial charge in [0.25, 0.3) is 0 Å². The van der Waals surface area contributed by atoms with Crippen molar-refractivity contribution in [2.45, 2.75) is 39.2 Å². The lowest BCUT2D eigenvalue weighted by molar-refractivity contribution is -0.154. The Balaban J connectivity index is 1.34. The Labute approximate surface area is 223 Å². The molecule has 1 aliphatic heterocycles. The molecule has 1 saturated heterocycles. The summed E-state index contributed by atoms with van der Waals surface area (Å²) in [4.78, 5) is 45.4. The highest BCUT2D eigenvalue weighted by atomic mass is 16.8. The van der Waals surface area contributed by atoms with Crippen LogP contribution in [0.1, 0.15) is 49.7 Å². The molecule has 1 N–H and O–H groups in total. The van der Waals surface area contributed by atoms with Gasteiger partial charge in [-0.3, -0.25) is 9.78 Å². The molecule has 0 bridgehead atoms. The number of nitrogens with one attached hydrogen (secondary N) is 1. The average Bonchev–Trinajstić information content (AvgIpc) is 2.89. The maximum atomic E-state index is 13.0. The van der Waals surface area contributed by atoms with Gasteiger partial charge >= 0.3 is 6.16 Å². The van der Waals surface area contributed by atoms with E-state index in [1.807, 2.05) is 52.1 Å². The van der Waals surface area contributed by atoms with Gasteiger partial charge in [0.15, 0.2) is 0 Å². The number of hydrogen-bond acceptors (Lipinski definition) is 10. The molecule has 0 spiro atoms. The number of nitrogens with zero attached hydrogens (tertiary/aromatic N) is 5. The van der Waals surface area contributed by atoms with Crippen molar-refractivity contribution in [3.05, 3.63) is 72.3 Å². The van der Waals surface area contributed by atoms with Crippen LogP contribution in [0.15, 0.2) is 61.1 Å². The van der Waals surface area contributed by atoms with Crippen molar-refractivity contribution in [2.24, 2.45) is 5.92 Å². The second-order valence-electron chi connectivity index (χ2n) is 10.3. The van der Waals surface area contributed by atoms with Gasteiger partial charge in [-0.1, -0.05) is 18.2 Å². The number of para-hydroxylation sites is 1. The normalized spacial score (nSPS) is 14.5. The van der Waals surface area contributed by atoms with Crippen LogP contribution in [0.25, 0.3) is 0 Å². The van der Waals surface area contributed by atoms with Gasteiger partial charge in [0, 0.05) is 44.5 Å². The molecule has 0 aliphatic carbocycles. The third-order valence-electron chi connectivity index (χ3n) is 6.07. The van der Waals surface area contributed by atoms with E-state index in [9.17, 15) is 9.59 Å². The molecule has 10 nitrogen and oxygen atoms in total. The minimum Gasteiger partial charge on any atom is -0.427 e. The molecule has 0 amide bonds. The van der Waals surface area contributed by atoms with E-state index in [4.69, 9.17) is 9.57 Å². The Bertz CT molecular complexity index is 1240. The van der Waals surface area contributed by atoms with Gasteiger partial charge in [-0.25, -0.2) is 14.8 Å². The van der Waals surface area contributed by atoms with Gasteiger partial charge in [-0.2, -0.15) is 0 Å². The fourth-order valence-electron chi connectivity index (χ4n) is 4.23. The maximum absolute atomic E-state index is 13.0. The monoisotopic (exact) mass is 518 g/mol. The number of aromatic nitrogens is 3. The molecule has 0 atom stereocenters. The quantitative estimate of drug-likeness (QED) is 0.328. The molecule has 38 heavy (non-hydrogen) atoms. The molecule has 10 heteroatoms. The average molecular weight is 519 g/mol. The Morgan fingerprint density at radius 1 is 1.05 bits per heavy atom. The van der Waals surface area contributed by atoms with E-state index in [1.165, 1.54) is 6.33 Å². The first-order valence-corrected chi connectivity index (χ1v) is 12.7. The molecule has 3 aromatic rings. The standard InChI is InChI=1S/C28H34N6O4/c1-28(2,3)37-27(36)38-34-15-12-20(13-16-34)18-33(4)25-17-24(30-19-31-25)32-22-10-6-5-9-21(22)26(35)23-11-7-8-14-29-23/h5-11,14,17,19-20H,12-13,15-16,18H2,1-4H3,(H,30,31,32). The first kappa shape index (κ1) is 27.0. The number of rotatable bonds is 8. The first-order chi connectivity index (χ1) is 18.2. The highest BCUT2D eigenvalue weighted by Gasteiger charge is 2.26. The summed E-state index contributed by atoms with van der Waals surface area (Å²) in [5.74, 6) is 1.61. The topological polar surface area (TPSA) is 110 Å². The van der Waals surface area contributed by atoms with Crippen LogP contribution in [0, 0.1) is 5.92 Å². The summed E-state index contributed by atoms with van der Waals surface area (Å²) in [7, 11) is 1.99. The van der Waals surface area contributed by atoms with E-state index in [2.05, 4.69) is 25.2 Å². The second kappa shape index (κ2) is 12.0. The summed E-state index contributed by atoms with van der Waals surface area (Å²) in [5.41, 5.74) is 0.959. The number of carbonyl (C=O) groups is 2. The molecular weight excluding hydrogens is 484 g/mol. The largest absolute Gasteiger partial charge is 0.528 e. The van der Waals surface area contributed by atoms with Gasteiger partial charge in [0.05, 0.1) is 5.69 Å². The summed E-state index contributed by atoms with van der Waals surface area (Å²) in [6.45, 7) is 7.52. The van der Waals surface area contributed by atoms with Gasteiger partial charge in [-0.05, 0) is 63.8 Å². The van der Waals surface area contributed by atoms with Crippen molar-refractivity contribution >= 4 is 29.3 Å². The number of anilines is 3. The van der Waals surface area contributed by atoms with Gasteiger partial charge < -0.3 is 19.8 Å². The summed E-state index contributed by atoms with van der Waals surface area (Å²) in [6, 6.07) is 14.4. The van der Waals surface area contributed by atoms with Crippen LogP contribution in [0.5, 0.6) is 0 Å². The molecule has 1 aliphatic rings. The highest BCUT2D eigenvalue weighted by Crippen LogP contribution is 2.25. The third-order valence-corrected chi connectivity index (χ3v) is 6.07. The number of piperidine rings is 1. The number of hydroxylamine groups is 2. The SMILES string of the molecule is CN(CC1CCN(OC(=O)OC(C)(C)C)CC1)c1cc(Nc2ccccc2C(=O)c2ccccn2)ncn1. The lowest BCUT2D eigenvalue weighted by atomic mass is 9.97. The Kier molecular flexibility index (Phi) is 8.52. The van der Waals surface area contributed by atoms with Crippen LogP contribution in [0.3, 0.4) is 0 Å². The summed E-state index contributed by atoms with van der Waals surface area (Å²) >= 11 is 0. The Morgan fingerprint density at radius 3 is 2.50 bits per heavy atom. The molecule has 1 aromatic carbocycles. The fraction of sp³-hybridized carbons (Fsp3) is 0.393. The van der Waals surface area contributed by atoms with E-state index in [1.54, 1.807) is 35.5 Å². The fourth-order valence-corrected chi connectivity index (χ4v) is 4.23. The molecule has 4 rings (SSSR count). The van der Waals surface area contributed by atoms with Crippen LogP contribution in [0.4, 0.5) is 22.1 Å². The lowest BCUT2D eigenvalue weighted by Gasteiger charge is -2.33. The highest BCUT2D eigenvalue weighted by molar-refractivity contribution is 6.11. The van der Waals surface area contributed by atoms with Crippen molar-refractivity contribution in [3.63, 3.8) is 0 Å². The summed E-state index contributed by atoms with van der Waals surface area (Å²) in [5, 5.41) is 4.94. The number of pyridine rings is 1. The van der Waals surface area contributed by atoms with Gasteiger partial charge in [0.1, 0.15) is 29.3 Å². The van der Waals surface area contributed by atoms with Crippen LogP contribution >= 0.6 is 0 Å². The second-order valence-corrected chi connectivity index (χ2v) is 10.3. The van der Waals surface area contributed by atoms with Crippen LogP contribution in [-0.2, 0) is 9.57 Å². The van der Waals surface area contributed by atoms with Crippen LogP contribution in [-0.4, -0.2) is 64.2 Å². The molecule has 200 valence electrons. The number of carbonyl (C=O) groups excluding carboxylic acids is 2. The molecule has 2 aromatic heterocycles. The van der Waals surface area contributed by atoms with Gasteiger partial charge in [0.2, 0.25) is 5.78 Å². The van der Waals surface area contributed by atoms with E-state index in [-0.39, 0.29) is 5.78 Å². The van der Waals surface area contributed by atoms with Gasteiger partial charge in [-0.15, -0.1) is 5.06 Å². The number of ketones is 1. The van der Waals surface area contributed by atoms with E-state index in [0.717, 1.165) is 25.2 Å². The molecule has 3 heterocycles. The van der Waals surface area contributed by atoms with Crippen molar-refractivity contribution in [1.82, 2.24) is 20.0 Å². The van der Waals surface area contributed by atoms with E-state index in [0.29, 0.717) is 41.8 Å². The lowest BCUT2D eigenvalue weighted by Crippen LogP contribution is -2.40. The molecule has 0 unspecified atom stereocenters. The van der Waals surface area contributed by atoms with Crippen molar-refractivity contribution in [3.8, 4) is 0 Å². The number of ether oxygens (including phenoxy) is 1. The zero-order chi connectivity index (χ0) is 27.1. The third kappa shape index (κ3) is 7.48. The van der Waals surface area contributed by atoms with Crippen LogP contribution < -0.4 is 10.2 Å². The summed E-state index contributed by atoms with van der Waals surface area (Å²) < 4.78 is 5.23. The molecule has 0 saturated carbocycles. The van der Waals surface area contributed by atoms with E-state index < -0.39 is 11.8 Å². The minimum absolute atomic E-state index is 0.165. The zero-order valence-electron chi connectivity index (χ0n) is 22.3. The predicted molar refractivity (Wildman–Crippen MR) is 144 cm³/mol. The minimum atomic E-state index is -0.669. The maximum Gasteiger partial charge on any atom is 0.528 e. The van der Waals surface area contributed by atoms with E-state index >= 15 is 0 Å². The smallest absolute Gasteiger partial charge is 0.427 e. The first-order valence-electron chi connectivity index (χ1n) is 12.7. The summed E-state index contributed by atoms with van der Waals surface area (Å²) in [6.07, 6.45) is 4.21. The number of hydrogen-bond donors (Lipinski definition) is 1. The van der Waals surface area contributed by atoms with Crippen LogP contribution in [0.2, 0.25) is 0 Å². The van der Waals surface area contributed by atoms with Crippen molar-refractivity contribution in [1.29, 1.82) is 0 Å². The molecule has 1 fully saturated rings. The Morgan fingerprint density at radius 2 is 1.79 bits per heavy atom. The molecule has 0 radical (unpaired) electrons.